The number of hydrogen-bond donors (Lipinski definition) is 0. The fourth-order valence-corrected chi connectivity index (χ4v) is 2.90. The van der Waals surface area contributed by atoms with E-state index in [1.165, 1.54) is 11.4 Å². The lowest BCUT2D eigenvalue weighted by Crippen LogP contribution is -2.45. The second kappa shape index (κ2) is 6.35. The number of methoxy groups -OCH3 is 1. The number of carbonyl (C=O) groups is 1. The van der Waals surface area contributed by atoms with Gasteiger partial charge in [0.25, 0.3) is 0 Å². The molecule has 0 aromatic carbocycles. The summed E-state index contributed by atoms with van der Waals surface area (Å²) in [6, 6.07) is 0. The zero-order valence-electron chi connectivity index (χ0n) is 11.3. The van der Waals surface area contributed by atoms with Crippen molar-refractivity contribution in [3.63, 3.8) is 0 Å². The fraction of sp³-hybridized carbons (Fsp3) is 0.909. The van der Waals surface area contributed by atoms with Crippen LogP contribution in [0, 0.1) is 0 Å². The van der Waals surface area contributed by atoms with Gasteiger partial charge < -0.3 is 4.74 Å². The summed E-state index contributed by atoms with van der Waals surface area (Å²) in [5.74, 6) is -0.403. The first-order valence-corrected chi connectivity index (χ1v) is 7.32. The summed E-state index contributed by atoms with van der Waals surface area (Å²) in [7, 11) is -0.433. The van der Waals surface area contributed by atoms with E-state index in [1.54, 1.807) is 7.05 Å². The molecule has 0 saturated carbocycles. The van der Waals surface area contributed by atoms with Crippen LogP contribution in [0.5, 0.6) is 0 Å². The molecule has 0 N–H and O–H groups in total. The summed E-state index contributed by atoms with van der Waals surface area (Å²) < 4.78 is 29.8. The Hall–Kier alpha value is -0.620. The predicted molar refractivity (Wildman–Crippen MR) is 67.2 cm³/mol. The summed E-state index contributed by atoms with van der Waals surface area (Å²) in [5, 5.41) is 0. The molecule has 5 nitrogen and oxygen atoms in total. The normalized spacial score (nSPS) is 12.8. The van der Waals surface area contributed by atoms with Crippen LogP contribution in [0.2, 0.25) is 0 Å². The van der Waals surface area contributed by atoms with Crippen LogP contribution in [-0.2, 0) is 19.6 Å². The first-order valence-electron chi connectivity index (χ1n) is 5.71. The number of sulfonamides is 1. The maximum Gasteiger partial charge on any atom is 0.305 e. The third-order valence-electron chi connectivity index (χ3n) is 3.15. The minimum Gasteiger partial charge on any atom is -0.469 e. The molecule has 0 aliphatic carbocycles. The van der Waals surface area contributed by atoms with Gasteiger partial charge in [-0.2, -0.15) is 4.31 Å². The standard InChI is InChI=1S/C11H23NO4S/c1-6-11(2,3)12(4)17(14,15)9-7-8-10(13)16-5/h6-9H2,1-5H3. The smallest absolute Gasteiger partial charge is 0.305 e. The monoisotopic (exact) mass is 265 g/mol. The maximum absolute atomic E-state index is 12.0. The van der Waals surface area contributed by atoms with Gasteiger partial charge in [-0.15, -0.1) is 0 Å². The molecule has 6 heteroatoms. The van der Waals surface area contributed by atoms with Crippen LogP contribution in [0.25, 0.3) is 0 Å². The Morgan fingerprint density at radius 3 is 2.29 bits per heavy atom. The molecule has 0 fully saturated rings. The van der Waals surface area contributed by atoms with E-state index in [0.29, 0.717) is 6.42 Å². The van der Waals surface area contributed by atoms with E-state index in [1.807, 2.05) is 20.8 Å². The molecule has 0 radical (unpaired) electrons. The summed E-state index contributed by atoms with van der Waals surface area (Å²) in [5.41, 5.74) is -0.399. The van der Waals surface area contributed by atoms with Gasteiger partial charge in [-0.3, -0.25) is 4.79 Å². The molecule has 0 aliphatic rings. The molecule has 0 bridgehead atoms. The molecule has 0 atom stereocenters. The number of esters is 1. The largest absolute Gasteiger partial charge is 0.469 e. The van der Waals surface area contributed by atoms with Crippen LogP contribution in [0.1, 0.15) is 40.0 Å². The second-order valence-electron chi connectivity index (χ2n) is 4.63. The van der Waals surface area contributed by atoms with E-state index >= 15 is 0 Å². The number of nitrogens with zero attached hydrogens (tertiary/aromatic N) is 1. The van der Waals surface area contributed by atoms with Gasteiger partial charge in [0.1, 0.15) is 0 Å². The Kier molecular flexibility index (Phi) is 6.12. The number of rotatable bonds is 7. The van der Waals surface area contributed by atoms with Crippen molar-refractivity contribution in [3.8, 4) is 0 Å². The summed E-state index contributed by atoms with van der Waals surface area (Å²) >= 11 is 0. The summed E-state index contributed by atoms with van der Waals surface area (Å²) in [6.07, 6.45) is 1.16. The van der Waals surface area contributed by atoms with E-state index in [-0.39, 0.29) is 18.1 Å². The molecule has 0 rings (SSSR count). The molecule has 0 aromatic rings. The van der Waals surface area contributed by atoms with Crippen molar-refractivity contribution in [2.24, 2.45) is 0 Å². The third kappa shape index (κ3) is 5.04. The van der Waals surface area contributed by atoms with Gasteiger partial charge in [-0.1, -0.05) is 6.92 Å². The zero-order chi connectivity index (χ0) is 13.7. The SMILES string of the molecule is CCC(C)(C)N(C)S(=O)(=O)CCCC(=O)OC. The third-order valence-corrected chi connectivity index (χ3v) is 5.28. The number of hydrogen-bond acceptors (Lipinski definition) is 4. The Bertz CT molecular complexity index is 348. The summed E-state index contributed by atoms with van der Waals surface area (Å²) in [4.78, 5) is 10.9. The zero-order valence-corrected chi connectivity index (χ0v) is 12.1. The molecular formula is C11H23NO4S. The van der Waals surface area contributed by atoms with E-state index < -0.39 is 15.6 Å². The van der Waals surface area contributed by atoms with Crippen molar-refractivity contribution in [2.75, 3.05) is 19.9 Å². The molecule has 0 spiro atoms. The average Bonchev–Trinajstić information content (AvgIpc) is 2.27. The lowest BCUT2D eigenvalue weighted by molar-refractivity contribution is -0.140. The van der Waals surface area contributed by atoms with Gasteiger partial charge in [0.05, 0.1) is 12.9 Å². The molecule has 102 valence electrons. The number of carbonyl (C=O) groups excluding carboxylic acids is 1. The Labute approximate surface area is 104 Å². The predicted octanol–water partition coefficient (Wildman–Crippen LogP) is 1.39. The van der Waals surface area contributed by atoms with E-state index in [4.69, 9.17) is 0 Å². The molecule has 0 saturated heterocycles. The first kappa shape index (κ1) is 16.4. The van der Waals surface area contributed by atoms with Gasteiger partial charge in [0, 0.05) is 19.0 Å². The lowest BCUT2D eigenvalue weighted by atomic mass is 10.0. The van der Waals surface area contributed by atoms with Gasteiger partial charge in [-0.05, 0) is 26.7 Å². The van der Waals surface area contributed by atoms with Crippen LogP contribution in [0.3, 0.4) is 0 Å². The van der Waals surface area contributed by atoms with Gasteiger partial charge in [0.15, 0.2) is 0 Å². The van der Waals surface area contributed by atoms with Crippen LogP contribution in [0.4, 0.5) is 0 Å². The molecule has 0 amide bonds. The van der Waals surface area contributed by atoms with E-state index in [0.717, 1.165) is 6.42 Å². The van der Waals surface area contributed by atoms with Crippen molar-refractivity contribution in [1.82, 2.24) is 4.31 Å². The topological polar surface area (TPSA) is 63.7 Å². The first-order chi connectivity index (χ1) is 7.67. The van der Waals surface area contributed by atoms with Crippen molar-refractivity contribution in [1.29, 1.82) is 0 Å². The minimum atomic E-state index is -3.31. The highest BCUT2D eigenvalue weighted by molar-refractivity contribution is 7.89. The summed E-state index contributed by atoms with van der Waals surface area (Å²) in [6.45, 7) is 5.70. The molecule has 0 aliphatic heterocycles. The molecule has 17 heavy (non-hydrogen) atoms. The van der Waals surface area contributed by atoms with Crippen molar-refractivity contribution >= 4 is 16.0 Å². The lowest BCUT2D eigenvalue weighted by Gasteiger charge is -2.33. The van der Waals surface area contributed by atoms with Crippen LogP contribution in [-0.4, -0.2) is 44.1 Å². The Morgan fingerprint density at radius 2 is 1.88 bits per heavy atom. The Balaban J connectivity index is 4.44. The van der Waals surface area contributed by atoms with Gasteiger partial charge in [-0.25, -0.2) is 8.42 Å². The molecule has 0 aromatic heterocycles. The second-order valence-corrected chi connectivity index (χ2v) is 6.75. The quantitative estimate of drug-likeness (QED) is 0.653. The highest BCUT2D eigenvalue weighted by atomic mass is 32.2. The maximum atomic E-state index is 12.0. The highest BCUT2D eigenvalue weighted by Gasteiger charge is 2.30. The van der Waals surface area contributed by atoms with E-state index in [2.05, 4.69) is 4.74 Å². The van der Waals surface area contributed by atoms with Crippen LogP contribution >= 0.6 is 0 Å². The van der Waals surface area contributed by atoms with Crippen LogP contribution in [0.15, 0.2) is 0 Å². The van der Waals surface area contributed by atoms with Gasteiger partial charge >= 0.3 is 5.97 Å². The Morgan fingerprint density at radius 1 is 1.35 bits per heavy atom. The average molecular weight is 265 g/mol. The molecule has 0 heterocycles. The van der Waals surface area contributed by atoms with Crippen molar-refractivity contribution in [3.05, 3.63) is 0 Å². The van der Waals surface area contributed by atoms with Crippen LogP contribution < -0.4 is 0 Å². The molecule has 0 unspecified atom stereocenters. The van der Waals surface area contributed by atoms with E-state index in [9.17, 15) is 13.2 Å². The van der Waals surface area contributed by atoms with Crippen molar-refractivity contribution < 1.29 is 17.9 Å². The van der Waals surface area contributed by atoms with Gasteiger partial charge in [0.2, 0.25) is 10.0 Å². The number of ether oxygens (including phenoxy) is 1. The van der Waals surface area contributed by atoms with Crippen molar-refractivity contribution in [2.45, 2.75) is 45.6 Å². The molecular weight excluding hydrogens is 242 g/mol. The fourth-order valence-electron chi connectivity index (χ4n) is 1.24. The minimum absolute atomic E-state index is 0.0258. The highest BCUT2D eigenvalue weighted by Crippen LogP contribution is 2.20.